The second-order valence-corrected chi connectivity index (χ2v) is 8.10. The van der Waals surface area contributed by atoms with Crippen molar-refractivity contribution in [1.29, 1.82) is 0 Å². The number of pyridine rings is 1. The maximum Gasteiger partial charge on any atom is 0.278 e. The smallest absolute Gasteiger partial charge is 0.278 e. The number of hydrogen-bond donors (Lipinski definition) is 2. The van der Waals surface area contributed by atoms with Gasteiger partial charge < -0.3 is 15.5 Å². The Kier molecular flexibility index (Phi) is 4.18. The van der Waals surface area contributed by atoms with Gasteiger partial charge in [0.15, 0.2) is 11.6 Å². The Morgan fingerprint density at radius 2 is 2.19 bits per heavy atom. The molecule has 0 saturated carbocycles. The lowest BCUT2D eigenvalue weighted by Gasteiger charge is -2.34. The summed E-state index contributed by atoms with van der Waals surface area (Å²) in [5.41, 5.74) is 5.33. The van der Waals surface area contributed by atoms with Gasteiger partial charge in [-0.05, 0) is 24.6 Å². The van der Waals surface area contributed by atoms with Crippen LogP contribution in [-0.4, -0.2) is 47.4 Å². The van der Waals surface area contributed by atoms with E-state index in [0.717, 1.165) is 4.31 Å². The van der Waals surface area contributed by atoms with E-state index in [2.05, 4.69) is 20.3 Å². The third kappa shape index (κ3) is 3.25. The summed E-state index contributed by atoms with van der Waals surface area (Å²) in [4.78, 5) is 24.5. The first kappa shape index (κ1) is 17.9. The molecule has 0 fully saturated rings. The van der Waals surface area contributed by atoms with Gasteiger partial charge in [-0.1, -0.05) is 0 Å². The molecule has 1 aliphatic heterocycles. The Hall–Kier alpha value is -2.95. The van der Waals surface area contributed by atoms with E-state index in [4.69, 9.17) is 10.2 Å². The van der Waals surface area contributed by atoms with Crippen molar-refractivity contribution in [2.45, 2.75) is 19.4 Å². The van der Waals surface area contributed by atoms with E-state index in [1.54, 1.807) is 26.0 Å². The van der Waals surface area contributed by atoms with Crippen molar-refractivity contribution in [3.05, 3.63) is 41.7 Å². The molecule has 0 aliphatic carbocycles. The van der Waals surface area contributed by atoms with E-state index in [1.165, 1.54) is 19.5 Å². The first-order valence-electron chi connectivity index (χ1n) is 7.63. The molecule has 1 aliphatic rings. The van der Waals surface area contributed by atoms with Gasteiger partial charge in [0.2, 0.25) is 16.0 Å². The molecule has 26 heavy (non-hydrogen) atoms. The van der Waals surface area contributed by atoms with Crippen LogP contribution in [0.2, 0.25) is 0 Å². The van der Waals surface area contributed by atoms with Crippen molar-refractivity contribution in [1.82, 2.24) is 14.3 Å². The zero-order valence-electron chi connectivity index (χ0n) is 14.4. The lowest BCUT2D eigenvalue weighted by molar-refractivity contribution is 0.102. The molecule has 0 bridgehead atoms. The van der Waals surface area contributed by atoms with Crippen molar-refractivity contribution in [2.75, 3.05) is 18.1 Å². The molecule has 0 spiro atoms. The first-order valence-corrected chi connectivity index (χ1v) is 9.24. The lowest BCUT2D eigenvalue weighted by atomic mass is 9.95. The number of nitrogens with one attached hydrogen (secondary N) is 1. The highest BCUT2D eigenvalue weighted by Gasteiger charge is 2.40. The monoisotopic (exact) mass is 378 g/mol. The van der Waals surface area contributed by atoms with Gasteiger partial charge in [0, 0.05) is 20.2 Å². The van der Waals surface area contributed by atoms with Crippen molar-refractivity contribution in [3.8, 4) is 0 Å². The normalized spacial score (nSPS) is 22.0. The number of aliphatic imine (C=N–C) groups is 1. The number of aromatic nitrogens is 2. The van der Waals surface area contributed by atoms with Gasteiger partial charge in [-0.15, -0.1) is 0 Å². The molecule has 3 rings (SSSR count). The van der Waals surface area contributed by atoms with Gasteiger partial charge in [0.1, 0.15) is 17.6 Å². The van der Waals surface area contributed by atoms with Crippen LogP contribution in [0.25, 0.3) is 0 Å². The largest absolute Gasteiger partial charge is 0.448 e. The summed E-state index contributed by atoms with van der Waals surface area (Å²) in [6, 6.07) is 3.19. The van der Waals surface area contributed by atoms with E-state index in [0.29, 0.717) is 11.5 Å². The average Bonchev–Trinajstić information content (AvgIpc) is 2.99. The molecular formula is C15H18N6O4S. The van der Waals surface area contributed by atoms with E-state index >= 15 is 0 Å². The highest BCUT2D eigenvalue weighted by atomic mass is 32.2. The van der Waals surface area contributed by atoms with Gasteiger partial charge >= 0.3 is 0 Å². The fraction of sp³-hybridized carbons (Fsp3) is 0.333. The number of amides is 1. The van der Waals surface area contributed by atoms with Gasteiger partial charge in [0.25, 0.3) is 5.91 Å². The van der Waals surface area contributed by atoms with Crippen LogP contribution in [-0.2, 0) is 15.6 Å². The molecule has 3 heterocycles. The zero-order valence-corrected chi connectivity index (χ0v) is 15.2. The van der Waals surface area contributed by atoms with Crippen molar-refractivity contribution in [3.63, 3.8) is 0 Å². The van der Waals surface area contributed by atoms with Gasteiger partial charge in [0.05, 0.1) is 5.75 Å². The molecule has 1 amide bonds. The number of aryl methyl sites for hydroxylation is 1. The van der Waals surface area contributed by atoms with Crippen LogP contribution in [0.5, 0.6) is 0 Å². The minimum Gasteiger partial charge on any atom is -0.448 e. The molecule has 1 atom stereocenters. The molecule has 0 saturated heterocycles. The lowest BCUT2D eigenvalue weighted by Crippen LogP contribution is -2.50. The second kappa shape index (κ2) is 6.09. The number of carbonyl (C=O) groups is 1. The van der Waals surface area contributed by atoms with Gasteiger partial charge in [-0.3, -0.25) is 4.79 Å². The quantitative estimate of drug-likeness (QED) is 0.788. The maximum absolute atomic E-state index is 12.3. The maximum atomic E-state index is 12.3. The summed E-state index contributed by atoms with van der Waals surface area (Å²) in [5, 5.41) is 2.60. The molecule has 11 heteroatoms. The fourth-order valence-electron chi connectivity index (χ4n) is 2.58. The topological polar surface area (TPSA) is 144 Å². The molecule has 138 valence electrons. The van der Waals surface area contributed by atoms with Crippen LogP contribution in [0.15, 0.2) is 34.0 Å². The number of nitrogens with zero attached hydrogens (tertiary/aromatic N) is 4. The number of rotatable bonds is 3. The minimum absolute atomic E-state index is 0.0979. The molecule has 10 nitrogen and oxygen atoms in total. The average molecular weight is 378 g/mol. The summed E-state index contributed by atoms with van der Waals surface area (Å²) < 4.78 is 30.5. The van der Waals surface area contributed by atoms with E-state index < -0.39 is 21.5 Å². The highest BCUT2D eigenvalue weighted by molar-refractivity contribution is 7.89. The molecule has 0 radical (unpaired) electrons. The zero-order chi connectivity index (χ0) is 19.1. The second-order valence-electron chi connectivity index (χ2n) is 6.10. The van der Waals surface area contributed by atoms with Crippen molar-refractivity contribution in [2.24, 2.45) is 10.7 Å². The van der Waals surface area contributed by atoms with Crippen LogP contribution < -0.4 is 11.1 Å². The minimum atomic E-state index is -3.60. The summed E-state index contributed by atoms with van der Waals surface area (Å²) in [6.45, 7) is 3.28. The predicted octanol–water partition coefficient (Wildman–Crippen LogP) is 0.435. The van der Waals surface area contributed by atoms with Crippen LogP contribution in [0, 0.1) is 6.92 Å². The van der Waals surface area contributed by atoms with E-state index in [1.807, 2.05) is 0 Å². The third-order valence-electron chi connectivity index (χ3n) is 4.04. The number of anilines is 1. The Morgan fingerprint density at radius 3 is 2.81 bits per heavy atom. The number of nitrogens with two attached hydrogens (primary N) is 1. The summed E-state index contributed by atoms with van der Waals surface area (Å²) >= 11 is 0. The predicted molar refractivity (Wildman–Crippen MR) is 94.0 cm³/mol. The van der Waals surface area contributed by atoms with E-state index in [-0.39, 0.29) is 23.2 Å². The van der Waals surface area contributed by atoms with Crippen molar-refractivity contribution < 1.29 is 17.6 Å². The molecule has 0 aromatic carbocycles. The fourth-order valence-corrected chi connectivity index (χ4v) is 4.04. The number of oxazole rings is 1. The molecule has 2 aromatic heterocycles. The Balaban J connectivity index is 1.91. The van der Waals surface area contributed by atoms with Crippen molar-refractivity contribution >= 4 is 27.7 Å². The van der Waals surface area contributed by atoms with Crippen LogP contribution in [0.3, 0.4) is 0 Å². The number of carbonyl (C=O) groups excluding carboxylic acids is 1. The Bertz CT molecular complexity index is 999. The van der Waals surface area contributed by atoms with Crippen LogP contribution >= 0.6 is 0 Å². The van der Waals surface area contributed by atoms with Crippen LogP contribution in [0.1, 0.15) is 28.9 Å². The summed E-state index contributed by atoms with van der Waals surface area (Å²) in [7, 11) is -2.24. The van der Waals surface area contributed by atoms with Crippen LogP contribution in [0.4, 0.5) is 5.82 Å². The number of guanidine groups is 1. The molecule has 2 aromatic rings. The molecule has 0 unspecified atom stereocenters. The highest BCUT2D eigenvalue weighted by Crippen LogP contribution is 2.32. The SMILES string of the molecule is Cc1nc(C(=O)Nc2cc([C@]3(C)CS(=O)(=O)N(C)C(N)=N3)ccn2)co1. The standard InChI is InChI=1S/C15H18N6O4S/c1-9-18-11(7-25-9)13(22)19-12-6-10(4-5-17-12)15(2)8-26(23,24)21(3)14(16)20-15/h4-7H,8H2,1-3H3,(H2,16,20)(H,17,19,22)/t15-/m0/s1. The Labute approximate surface area is 150 Å². The van der Waals surface area contributed by atoms with E-state index in [9.17, 15) is 13.2 Å². The third-order valence-corrected chi connectivity index (χ3v) is 5.99. The molecular weight excluding hydrogens is 360 g/mol. The Morgan fingerprint density at radius 1 is 1.46 bits per heavy atom. The first-order chi connectivity index (χ1) is 12.1. The number of hydrogen-bond acceptors (Lipinski definition) is 8. The van der Waals surface area contributed by atoms with Gasteiger partial charge in [-0.25, -0.2) is 27.7 Å². The summed E-state index contributed by atoms with van der Waals surface area (Å²) in [5.74, 6) is -0.239. The summed E-state index contributed by atoms with van der Waals surface area (Å²) in [6.07, 6.45) is 2.70. The molecule has 3 N–H and O–H groups in total. The number of sulfonamides is 1. The van der Waals surface area contributed by atoms with Gasteiger partial charge in [-0.2, -0.15) is 0 Å².